The molecule has 0 aliphatic heterocycles. The molecule has 3 N–H and O–H groups in total. The lowest BCUT2D eigenvalue weighted by molar-refractivity contribution is -0.130. The molecular weight excluding hydrogens is 306 g/mol. The zero-order chi connectivity index (χ0) is 15.8. The molecule has 6 nitrogen and oxygen atoms in total. The summed E-state index contributed by atoms with van der Waals surface area (Å²) in [6, 6.07) is 5.44. The highest BCUT2D eigenvalue weighted by Gasteiger charge is 2.11. The molecule has 1 aromatic carbocycles. The summed E-state index contributed by atoms with van der Waals surface area (Å²) in [6.45, 7) is 2.32. The monoisotopic (exact) mass is 329 g/mol. The van der Waals surface area contributed by atoms with Gasteiger partial charge in [0.2, 0.25) is 5.91 Å². The molecule has 0 spiro atoms. The van der Waals surface area contributed by atoms with Crippen LogP contribution in [-0.4, -0.2) is 44.0 Å². The van der Waals surface area contributed by atoms with Gasteiger partial charge in [-0.2, -0.15) is 0 Å². The molecule has 0 saturated heterocycles. The quantitative estimate of drug-likeness (QED) is 0.795. The first kappa shape index (κ1) is 20.2. The fraction of sp³-hybridized carbons (Fsp3) is 0.467. The number of hydrogen-bond acceptors (Lipinski definition) is 4. The SMILES string of the molecule is Cc1ccc(NC(=O)CCCN)c(OCC(=O)N(C)C)c1.Cl. The highest BCUT2D eigenvalue weighted by atomic mass is 35.5. The van der Waals surface area contributed by atoms with Crippen molar-refractivity contribution in [3.05, 3.63) is 23.8 Å². The van der Waals surface area contributed by atoms with E-state index in [1.165, 1.54) is 4.90 Å². The molecule has 124 valence electrons. The van der Waals surface area contributed by atoms with Gasteiger partial charge in [0.15, 0.2) is 6.61 Å². The molecule has 0 unspecified atom stereocenters. The lowest BCUT2D eigenvalue weighted by Gasteiger charge is -2.15. The van der Waals surface area contributed by atoms with Gasteiger partial charge in [-0.25, -0.2) is 0 Å². The Kier molecular flexibility index (Phi) is 9.21. The zero-order valence-electron chi connectivity index (χ0n) is 13.2. The number of halogens is 1. The summed E-state index contributed by atoms with van der Waals surface area (Å²) in [5.74, 6) is 0.233. The maximum atomic E-state index is 11.8. The number of benzene rings is 1. The van der Waals surface area contributed by atoms with E-state index in [0.29, 0.717) is 30.8 Å². The van der Waals surface area contributed by atoms with Crippen LogP contribution in [0.5, 0.6) is 5.75 Å². The predicted molar refractivity (Wildman–Crippen MR) is 89.5 cm³/mol. The first-order chi connectivity index (χ1) is 9.93. The van der Waals surface area contributed by atoms with Crippen molar-refractivity contribution in [3.63, 3.8) is 0 Å². The third kappa shape index (κ3) is 6.78. The number of hydrogen-bond donors (Lipinski definition) is 2. The minimum Gasteiger partial charge on any atom is -0.482 e. The molecule has 0 saturated carbocycles. The second kappa shape index (κ2) is 10.0. The van der Waals surface area contributed by atoms with Gasteiger partial charge in [-0.05, 0) is 37.6 Å². The maximum absolute atomic E-state index is 11.8. The summed E-state index contributed by atoms with van der Waals surface area (Å²) in [5, 5.41) is 2.78. The minimum absolute atomic E-state index is 0. The number of nitrogens with zero attached hydrogens (tertiary/aromatic N) is 1. The summed E-state index contributed by atoms with van der Waals surface area (Å²) in [4.78, 5) is 24.8. The molecule has 0 heterocycles. The Bertz CT molecular complexity index is 507. The maximum Gasteiger partial charge on any atom is 0.259 e. The molecule has 1 rings (SSSR count). The zero-order valence-corrected chi connectivity index (χ0v) is 14.0. The molecule has 22 heavy (non-hydrogen) atoms. The standard InChI is InChI=1S/C15H23N3O3.ClH/c1-11-6-7-12(17-14(19)5-4-8-16)13(9-11)21-10-15(20)18(2)3;/h6-7,9H,4-5,8,10,16H2,1-3H3,(H,17,19);1H. The van der Waals surface area contributed by atoms with E-state index >= 15 is 0 Å². The fourth-order valence-electron chi connectivity index (χ4n) is 1.60. The van der Waals surface area contributed by atoms with E-state index in [4.69, 9.17) is 10.5 Å². The van der Waals surface area contributed by atoms with Crippen LogP contribution >= 0.6 is 12.4 Å². The summed E-state index contributed by atoms with van der Waals surface area (Å²) >= 11 is 0. The van der Waals surface area contributed by atoms with Crippen LogP contribution in [0.25, 0.3) is 0 Å². The molecule has 0 radical (unpaired) electrons. The van der Waals surface area contributed by atoms with E-state index in [2.05, 4.69) is 5.32 Å². The average molecular weight is 330 g/mol. The van der Waals surface area contributed by atoms with Gasteiger partial charge in [0, 0.05) is 20.5 Å². The van der Waals surface area contributed by atoms with Crippen LogP contribution in [0.15, 0.2) is 18.2 Å². The first-order valence-electron chi connectivity index (χ1n) is 6.87. The molecule has 0 aliphatic carbocycles. The molecule has 7 heteroatoms. The van der Waals surface area contributed by atoms with Crippen molar-refractivity contribution in [2.75, 3.05) is 32.6 Å². The van der Waals surface area contributed by atoms with Gasteiger partial charge in [0.1, 0.15) is 5.75 Å². The summed E-state index contributed by atoms with van der Waals surface area (Å²) in [7, 11) is 3.33. The van der Waals surface area contributed by atoms with Crippen LogP contribution < -0.4 is 15.8 Å². The number of nitrogens with one attached hydrogen (secondary N) is 1. The minimum atomic E-state index is -0.142. The summed E-state index contributed by atoms with van der Waals surface area (Å²) in [5.41, 5.74) is 6.93. The molecule has 1 aromatic rings. The molecule has 0 fully saturated rings. The van der Waals surface area contributed by atoms with Gasteiger partial charge in [-0.3, -0.25) is 9.59 Å². The van der Waals surface area contributed by atoms with Gasteiger partial charge < -0.3 is 20.7 Å². The van der Waals surface area contributed by atoms with Crippen LogP contribution in [-0.2, 0) is 9.59 Å². The van der Waals surface area contributed by atoms with Crippen molar-refractivity contribution < 1.29 is 14.3 Å². The normalized spacial score (nSPS) is 9.64. The Hall–Kier alpha value is -1.79. The van der Waals surface area contributed by atoms with Gasteiger partial charge in [-0.1, -0.05) is 6.07 Å². The van der Waals surface area contributed by atoms with Crippen molar-refractivity contribution in [2.24, 2.45) is 5.73 Å². The first-order valence-corrected chi connectivity index (χ1v) is 6.87. The Balaban J connectivity index is 0.00000441. The fourth-order valence-corrected chi connectivity index (χ4v) is 1.60. The lowest BCUT2D eigenvalue weighted by atomic mass is 10.2. The number of rotatable bonds is 7. The third-order valence-electron chi connectivity index (χ3n) is 2.87. The third-order valence-corrected chi connectivity index (χ3v) is 2.87. The molecule has 0 bridgehead atoms. The molecular formula is C15H24ClN3O3. The molecule has 2 amide bonds. The van der Waals surface area contributed by atoms with E-state index in [9.17, 15) is 9.59 Å². The van der Waals surface area contributed by atoms with E-state index in [1.54, 1.807) is 26.2 Å². The Morgan fingerprint density at radius 3 is 2.59 bits per heavy atom. The summed E-state index contributed by atoms with van der Waals surface area (Å²) < 4.78 is 5.52. The van der Waals surface area contributed by atoms with Gasteiger partial charge >= 0.3 is 0 Å². The number of carbonyl (C=O) groups is 2. The van der Waals surface area contributed by atoms with Gasteiger partial charge in [0.25, 0.3) is 5.91 Å². The molecule has 0 aromatic heterocycles. The highest BCUT2D eigenvalue weighted by Crippen LogP contribution is 2.26. The number of nitrogens with two attached hydrogens (primary N) is 1. The molecule has 0 aliphatic rings. The van der Waals surface area contributed by atoms with Crippen LogP contribution in [0.2, 0.25) is 0 Å². The predicted octanol–water partition coefficient (Wildman–Crippen LogP) is 1.56. The van der Waals surface area contributed by atoms with Crippen molar-refractivity contribution in [1.29, 1.82) is 0 Å². The van der Waals surface area contributed by atoms with Crippen LogP contribution in [0, 0.1) is 6.92 Å². The number of anilines is 1. The van der Waals surface area contributed by atoms with Crippen LogP contribution in [0.1, 0.15) is 18.4 Å². The Morgan fingerprint density at radius 1 is 1.32 bits per heavy atom. The van der Waals surface area contributed by atoms with Gasteiger partial charge in [0.05, 0.1) is 5.69 Å². The second-order valence-electron chi connectivity index (χ2n) is 5.02. The largest absolute Gasteiger partial charge is 0.482 e. The highest BCUT2D eigenvalue weighted by molar-refractivity contribution is 5.92. The topological polar surface area (TPSA) is 84.7 Å². The second-order valence-corrected chi connectivity index (χ2v) is 5.02. The van der Waals surface area contributed by atoms with E-state index in [0.717, 1.165) is 5.56 Å². The van der Waals surface area contributed by atoms with Crippen molar-refractivity contribution in [3.8, 4) is 5.75 Å². The van der Waals surface area contributed by atoms with Crippen molar-refractivity contribution >= 4 is 29.9 Å². The van der Waals surface area contributed by atoms with E-state index < -0.39 is 0 Å². The number of carbonyl (C=O) groups excluding carboxylic acids is 2. The number of likely N-dealkylation sites (N-methyl/N-ethyl adjacent to an activating group) is 1. The Morgan fingerprint density at radius 2 is 2.00 bits per heavy atom. The Labute approximate surface area is 137 Å². The average Bonchev–Trinajstić information content (AvgIpc) is 2.44. The number of amides is 2. The summed E-state index contributed by atoms with van der Waals surface area (Å²) in [6.07, 6.45) is 0.993. The lowest BCUT2D eigenvalue weighted by Crippen LogP contribution is -2.27. The van der Waals surface area contributed by atoms with Crippen LogP contribution in [0.3, 0.4) is 0 Å². The van der Waals surface area contributed by atoms with Crippen molar-refractivity contribution in [2.45, 2.75) is 19.8 Å². The van der Waals surface area contributed by atoms with E-state index in [1.807, 2.05) is 13.0 Å². The number of aryl methyl sites for hydroxylation is 1. The van der Waals surface area contributed by atoms with Gasteiger partial charge in [-0.15, -0.1) is 12.4 Å². The number of ether oxygens (including phenoxy) is 1. The molecule has 0 atom stereocenters. The van der Waals surface area contributed by atoms with E-state index in [-0.39, 0.29) is 30.8 Å². The smallest absolute Gasteiger partial charge is 0.259 e. The van der Waals surface area contributed by atoms with Crippen molar-refractivity contribution in [1.82, 2.24) is 4.90 Å². The van der Waals surface area contributed by atoms with Crippen LogP contribution in [0.4, 0.5) is 5.69 Å².